The second-order valence-corrected chi connectivity index (χ2v) is 6.90. The van der Waals surface area contributed by atoms with Gasteiger partial charge in [-0.15, -0.1) is 0 Å². The number of non-ortho nitro benzene ring substituents is 1. The maximum atomic E-state index is 12.7. The van der Waals surface area contributed by atoms with Gasteiger partial charge < -0.3 is 9.80 Å². The molecule has 2 amide bonds. The maximum absolute atomic E-state index is 12.7. The molecule has 7 heteroatoms. The van der Waals surface area contributed by atoms with Crippen LogP contribution in [0.15, 0.2) is 24.3 Å². The van der Waals surface area contributed by atoms with E-state index in [2.05, 4.69) is 0 Å². The van der Waals surface area contributed by atoms with Gasteiger partial charge in [0, 0.05) is 44.7 Å². The first kappa shape index (κ1) is 18.9. The fourth-order valence-corrected chi connectivity index (χ4v) is 3.18. The third kappa shape index (κ3) is 4.78. The highest BCUT2D eigenvalue weighted by Gasteiger charge is 2.30. The van der Waals surface area contributed by atoms with Gasteiger partial charge >= 0.3 is 0 Å². The van der Waals surface area contributed by atoms with Crippen LogP contribution < -0.4 is 0 Å². The molecule has 0 unspecified atom stereocenters. The van der Waals surface area contributed by atoms with Gasteiger partial charge in [0.2, 0.25) is 11.8 Å². The summed E-state index contributed by atoms with van der Waals surface area (Å²) in [4.78, 5) is 38.7. The van der Waals surface area contributed by atoms with Crippen LogP contribution in [0.3, 0.4) is 0 Å². The minimum atomic E-state index is -0.443. The van der Waals surface area contributed by atoms with Gasteiger partial charge in [0.1, 0.15) is 0 Å². The summed E-state index contributed by atoms with van der Waals surface area (Å²) in [5.41, 5.74) is 0.737. The molecule has 7 nitrogen and oxygen atoms in total. The summed E-state index contributed by atoms with van der Waals surface area (Å²) >= 11 is 0. The van der Waals surface area contributed by atoms with E-state index in [9.17, 15) is 19.7 Å². The number of nitrogens with zero attached hydrogens (tertiary/aromatic N) is 3. The van der Waals surface area contributed by atoms with Crippen molar-refractivity contribution in [3.63, 3.8) is 0 Å². The van der Waals surface area contributed by atoms with Crippen LogP contribution in [-0.4, -0.2) is 46.7 Å². The van der Waals surface area contributed by atoms with E-state index < -0.39 is 4.92 Å². The molecule has 0 aliphatic carbocycles. The molecule has 0 bridgehead atoms. The Morgan fingerprint density at radius 1 is 1.40 bits per heavy atom. The van der Waals surface area contributed by atoms with Crippen LogP contribution in [0.5, 0.6) is 0 Å². The molecule has 1 aliphatic rings. The Labute approximate surface area is 147 Å². The lowest BCUT2D eigenvalue weighted by molar-refractivity contribution is -0.384. The maximum Gasteiger partial charge on any atom is 0.269 e. The Morgan fingerprint density at radius 2 is 2.12 bits per heavy atom. The molecule has 1 aromatic rings. The standard InChI is InChI=1S/C18H25N3O4/c1-13(2)17(22)20-9-5-7-15(12-20)18(23)19(3)11-14-6-4-8-16(10-14)21(24)25/h4,6,8,10,13,15H,5,7,9,11-12H2,1-3H3/t15-/m1/s1. The lowest BCUT2D eigenvalue weighted by Gasteiger charge is -2.35. The first-order valence-electron chi connectivity index (χ1n) is 8.56. The predicted octanol–water partition coefficient (Wildman–Crippen LogP) is 2.45. The molecule has 0 saturated carbocycles. The number of amides is 2. The fraction of sp³-hybridized carbons (Fsp3) is 0.556. The molecule has 1 fully saturated rings. The SMILES string of the molecule is CC(C)C(=O)N1CCC[C@@H](C(=O)N(C)Cc2cccc([N+](=O)[O-])c2)C1. The molecule has 1 atom stereocenters. The molecule has 0 aromatic heterocycles. The second-order valence-electron chi connectivity index (χ2n) is 6.90. The van der Waals surface area contributed by atoms with Crippen molar-refractivity contribution >= 4 is 17.5 Å². The number of hydrogen-bond donors (Lipinski definition) is 0. The molecule has 25 heavy (non-hydrogen) atoms. The summed E-state index contributed by atoms with van der Waals surface area (Å²) in [6.45, 7) is 5.20. The van der Waals surface area contributed by atoms with Crippen molar-refractivity contribution in [1.29, 1.82) is 0 Å². The Kier molecular flexibility index (Phi) is 6.12. The number of benzene rings is 1. The van der Waals surface area contributed by atoms with E-state index in [0.29, 0.717) is 19.6 Å². The van der Waals surface area contributed by atoms with E-state index in [4.69, 9.17) is 0 Å². The molecule has 0 spiro atoms. The van der Waals surface area contributed by atoms with Crippen molar-refractivity contribution < 1.29 is 14.5 Å². The third-order valence-electron chi connectivity index (χ3n) is 4.49. The van der Waals surface area contributed by atoms with Crippen LogP contribution in [0.1, 0.15) is 32.3 Å². The average molecular weight is 347 g/mol. The Hall–Kier alpha value is -2.44. The van der Waals surface area contributed by atoms with E-state index in [0.717, 1.165) is 18.4 Å². The van der Waals surface area contributed by atoms with Crippen molar-refractivity contribution in [1.82, 2.24) is 9.80 Å². The van der Waals surface area contributed by atoms with E-state index in [-0.39, 0.29) is 29.3 Å². The average Bonchev–Trinajstić information content (AvgIpc) is 2.60. The van der Waals surface area contributed by atoms with Gasteiger partial charge in [0.25, 0.3) is 5.69 Å². The predicted molar refractivity (Wildman–Crippen MR) is 93.7 cm³/mol. The van der Waals surface area contributed by atoms with Gasteiger partial charge in [-0.2, -0.15) is 0 Å². The van der Waals surface area contributed by atoms with Crippen LogP contribution in [-0.2, 0) is 16.1 Å². The van der Waals surface area contributed by atoms with Crippen molar-refractivity contribution in [3.8, 4) is 0 Å². The fourth-order valence-electron chi connectivity index (χ4n) is 3.18. The quantitative estimate of drug-likeness (QED) is 0.605. The van der Waals surface area contributed by atoms with Crippen LogP contribution in [0.4, 0.5) is 5.69 Å². The monoisotopic (exact) mass is 347 g/mol. The van der Waals surface area contributed by atoms with Crippen molar-refractivity contribution in [2.24, 2.45) is 11.8 Å². The number of rotatable bonds is 5. The second kappa shape index (κ2) is 8.09. The van der Waals surface area contributed by atoms with Crippen LogP contribution in [0, 0.1) is 22.0 Å². The molecule has 0 radical (unpaired) electrons. The lowest BCUT2D eigenvalue weighted by atomic mass is 9.95. The van der Waals surface area contributed by atoms with E-state index in [1.165, 1.54) is 12.1 Å². The van der Waals surface area contributed by atoms with Crippen LogP contribution in [0.25, 0.3) is 0 Å². The smallest absolute Gasteiger partial charge is 0.269 e. The summed E-state index contributed by atoms with van der Waals surface area (Å²) in [6.07, 6.45) is 1.58. The largest absolute Gasteiger partial charge is 0.342 e. The molecule has 0 N–H and O–H groups in total. The molecule has 1 aromatic carbocycles. The normalized spacial score (nSPS) is 17.4. The number of piperidine rings is 1. The molecular formula is C18H25N3O4. The first-order valence-corrected chi connectivity index (χ1v) is 8.56. The molecule has 1 saturated heterocycles. The highest BCUT2D eigenvalue weighted by atomic mass is 16.6. The summed E-state index contributed by atoms with van der Waals surface area (Å²) < 4.78 is 0. The van der Waals surface area contributed by atoms with E-state index in [1.807, 2.05) is 13.8 Å². The summed E-state index contributed by atoms with van der Waals surface area (Å²) in [5, 5.41) is 10.9. The summed E-state index contributed by atoms with van der Waals surface area (Å²) in [7, 11) is 1.70. The third-order valence-corrected chi connectivity index (χ3v) is 4.49. The number of likely N-dealkylation sites (tertiary alicyclic amines) is 1. The number of carbonyl (C=O) groups excluding carboxylic acids is 2. The zero-order valence-corrected chi connectivity index (χ0v) is 15.0. The topological polar surface area (TPSA) is 83.8 Å². The van der Waals surface area contributed by atoms with Gasteiger partial charge in [-0.05, 0) is 18.4 Å². The molecule has 136 valence electrons. The van der Waals surface area contributed by atoms with Gasteiger partial charge in [-0.1, -0.05) is 26.0 Å². The van der Waals surface area contributed by atoms with Gasteiger partial charge in [-0.3, -0.25) is 19.7 Å². The highest BCUT2D eigenvalue weighted by Crippen LogP contribution is 2.21. The number of hydrogen-bond acceptors (Lipinski definition) is 4. The molecule has 2 rings (SSSR count). The van der Waals surface area contributed by atoms with E-state index in [1.54, 1.807) is 29.0 Å². The Morgan fingerprint density at radius 3 is 2.76 bits per heavy atom. The number of carbonyl (C=O) groups is 2. The van der Waals surface area contributed by atoms with Crippen molar-refractivity contribution in [3.05, 3.63) is 39.9 Å². The van der Waals surface area contributed by atoms with Crippen LogP contribution >= 0.6 is 0 Å². The molecule has 1 heterocycles. The number of nitro benzene ring substituents is 1. The minimum Gasteiger partial charge on any atom is -0.342 e. The zero-order chi connectivity index (χ0) is 18.6. The Balaban J connectivity index is 2.00. The van der Waals surface area contributed by atoms with Gasteiger partial charge in [-0.25, -0.2) is 0 Å². The summed E-state index contributed by atoms with van der Waals surface area (Å²) in [6, 6.07) is 6.31. The van der Waals surface area contributed by atoms with Gasteiger partial charge in [0.15, 0.2) is 0 Å². The zero-order valence-electron chi connectivity index (χ0n) is 15.0. The van der Waals surface area contributed by atoms with Gasteiger partial charge in [0.05, 0.1) is 10.8 Å². The molecule has 1 aliphatic heterocycles. The highest BCUT2D eigenvalue weighted by molar-refractivity contribution is 5.82. The van der Waals surface area contributed by atoms with Crippen molar-refractivity contribution in [2.75, 3.05) is 20.1 Å². The van der Waals surface area contributed by atoms with E-state index >= 15 is 0 Å². The van der Waals surface area contributed by atoms with Crippen LogP contribution in [0.2, 0.25) is 0 Å². The first-order chi connectivity index (χ1) is 11.8. The summed E-state index contributed by atoms with van der Waals surface area (Å²) in [5.74, 6) is -0.219. The number of nitro groups is 1. The Bertz CT molecular complexity index is 659. The lowest BCUT2D eigenvalue weighted by Crippen LogP contribution is -2.46. The minimum absolute atomic E-state index is 0.0183. The van der Waals surface area contributed by atoms with Crippen molar-refractivity contribution in [2.45, 2.75) is 33.2 Å². The molecular weight excluding hydrogens is 322 g/mol.